The van der Waals surface area contributed by atoms with Crippen LogP contribution in [-0.4, -0.2) is 30.1 Å². The SMILES string of the molecule is CCOc1ccc(-c2nc(CN3CCCC3c3ccccc3OC)c(C)o2)cc1. The zero-order valence-electron chi connectivity index (χ0n) is 17.4. The molecule has 5 heteroatoms. The molecule has 1 saturated heterocycles. The van der Waals surface area contributed by atoms with Crippen LogP contribution in [0.5, 0.6) is 11.5 Å². The Hall–Kier alpha value is -2.79. The minimum atomic E-state index is 0.344. The van der Waals surface area contributed by atoms with E-state index in [4.69, 9.17) is 18.9 Å². The number of hydrogen-bond donors (Lipinski definition) is 0. The number of hydrogen-bond acceptors (Lipinski definition) is 5. The zero-order valence-corrected chi connectivity index (χ0v) is 17.4. The van der Waals surface area contributed by atoms with E-state index in [2.05, 4.69) is 17.0 Å². The first kappa shape index (κ1) is 19.5. The molecule has 4 rings (SSSR count). The number of para-hydroxylation sites is 1. The van der Waals surface area contributed by atoms with E-state index in [-0.39, 0.29) is 0 Å². The minimum absolute atomic E-state index is 0.344. The standard InChI is InChI=1S/C24H28N2O3/c1-4-28-19-13-11-18(12-14-19)24-25-21(17(2)29-24)16-26-15-7-9-22(26)20-8-5-6-10-23(20)27-3/h5-6,8,10-14,22H,4,7,9,15-16H2,1-3H3. The van der Waals surface area contributed by atoms with Crippen LogP contribution >= 0.6 is 0 Å². The maximum absolute atomic E-state index is 5.99. The fourth-order valence-electron chi connectivity index (χ4n) is 4.06. The second-order valence-electron chi connectivity index (χ2n) is 7.35. The van der Waals surface area contributed by atoms with Gasteiger partial charge >= 0.3 is 0 Å². The van der Waals surface area contributed by atoms with E-state index in [1.165, 1.54) is 12.0 Å². The first-order chi connectivity index (χ1) is 14.2. The first-order valence-corrected chi connectivity index (χ1v) is 10.3. The van der Waals surface area contributed by atoms with Crippen LogP contribution in [0.2, 0.25) is 0 Å². The van der Waals surface area contributed by atoms with Crippen LogP contribution in [-0.2, 0) is 6.54 Å². The van der Waals surface area contributed by atoms with E-state index >= 15 is 0 Å². The van der Waals surface area contributed by atoms with E-state index in [0.717, 1.165) is 48.0 Å². The highest BCUT2D eigenvalue weighted by molar-refractivity contribution is 5.55. The van der Waals surface area contributed by atoms with E-state index in [9.17, 15) is 0 Å². The Morgan fingerprint density at radius 2 is 1.93 bits per heavy atom. The minimum Gasteiger partial charge on any atom is -0.496 e. The van der Waals surface area contributed by atoms with Gasteiger partial charge in [-0.05, 0) is 63.6 Å². The first-order valence-electron chi connectivity index (χ1n) is 10.3. The number of likely N-dealkylation sites (tertiary alicyclic amines) is 1. The van der Waals surface area contributed by atoms with Crippen LogP contribution in [0, 0.1) is 6.92 Å². The zero-order chi connectivity index (χ0) is 20.2. The number of methoxy groups -OCH3 is 1. The van der Waals surface area contributed by atoms with Crippen LogP contribution in [0.1, 0.15) is 42.8 Å². The second kappa shape index (κ2) is 8.70. The van der Waals surface area contributed by atoms with Crippen LogP contribution in [0.15, 0.2) is 52.9 Å². The average Bonchev–Trinajstić information content (AvgIpc) is 3.36. The van der Waals surface area contributed by atoms with Crippen LogP contribution in [0.4, 0.5) is 0 Å². The Labute approximate surface area is 172 Å². The molecule has 1 unspecified atom stereocenters. The topological polar surface area (TPSA) is 47.7 Å². The summed E-state index contributed by atoms with van der Waals surface area (Å²) in [5, 5.41) is 0. The summed E-state index contributed by atoms with van der Waals surface area (Å²) in [6.07, 6.45) is 2.30. The number of ether oxygens (including phenoxy) is 2. The van der Waals surface area contributed by atoms with Gasteiger partial charge in [0.1, 0.15) is 17.3 Å². The third-order valence-corrected chi connectivity index (χ3v) is 5.52. The fraction of sp³-hybridized carbons (Fsp3) is 0.375. The molecule has 0 spiro atoms. The third-order valence-electron chi connectivity index (χ3n) is 5.52. The van der Waals surface area contributed by atoms with Crippen molar-refractivity contribution in [1.82, 2.24) is 9.88 Å². The summed E-state index contributed by atoms with van der Waals surface area (Å²) in [6.45, 7) is 6.45. The number of oxazole rings is 1. The quantitative estimate of drug-likeness (QED) is 0.539. The van der Waals surface area contributed by atoms with Crippen molar-refractivity contribution < 1.29 is 13.9 Å². The molecule has 3 aromatic rings. The molecule has 1 aromatic heterocycles. The number of aryl methyl sites for hydroxylation is 1. The molecule has 1 aliphatic rings. The summed E-state index contributed by atoms with van der Waals surface area (Å²) in [5.41, 5.74) is 3.21. The summed E-state index contributed by atoms with van der Waals surface area (Å²) >= 11 is 0. The van der Waals surface area contributed by atoms with Gasteiger partial charge < -0.3 is 13.9 Å². The summed E-state index contributed by atoms with van der Waals surface area (Å²) in [5.74, 6) is 3.35. The molecule has 0 saturated carbocycles. The van der Waals surface area contributed by atoms with Crippen molar-refractivity contribution >= 4 is 0 Å². The van der Waals surface area contributed by atoms with E-state index in [0.29, 0.717) is 18.5 Å². The molecule has 1 fully saturated rings. The largest absolute Gasteiger partial charge is 0.496 e. The molecule has 1 aliphatic heterocycles. The van der Waals surface area contributed by atoms with Gasteiger partial charge in [0, 0.05) is 23.7 Å². The molecule has 5 nitrogen and oxygen atoms in total. The summed E-state index contributed by atoms with van der Waals surface area (Å²) in [6, 6.07) is 16.6. The Balaban J connectivity index is 1.53. The molecule has 2 aromatic carbocycles. The third kappa shape index (κ3) is 4.15. The monoisotopic (exact) mass is 392 g/mol. The van der Waals surface area contributed by atoms with Crippen molar-refractivity contribution in [3.05, 3.63) is 65.5 Å². The van der Waals surface area contributed by atoms with Crippen molar-refractivity contribution in [2.75, 3.05) is 20.3 Å². The van der Waals surface area contributed by atoms with Gasteiger partial charge in [-0.25, -0.2) is 4.98 Å². The number of benzene rings is 2. The summed E-state index contributed by atoms with van der Waals surface area (Å²) in [7, 11) is 1.74. The maximum atomic E-state index is 5.99. The van der Waals surface area contributed by atoms with Gasteiger partial charge in [0.25, 0.3) is 0 Å². The molecule has 0 N–H and O–H groups in total. The highest BCUT2D eigenvalue weighted by Crippen LogP contribution is 2.38. The Kier molecular flexibility index (Phi) is 5.86. The van der Waals surface area contributed by atoms with Crippen molar-refractivity contribution in [3.63, 3.8) is 0 Å². The van der Waals surface area contributed by atoms with Crippen molar-refractivity contribution in [1.29, 1.82) is 0 Å². The second-order valence-corrected chi connectivity index (χ2v) is 7.35. The molecule has 0 aliphatic carbocycles. The fourth-order valence-corrected chi connectivity index (χ4v) is 4.06. The number of nitrogens with zero attached hydrogens (tertiary/aromatic N) is 2. The lowest BCUT2D eigenvalue weighted by Crippen LogP contribution is -2.23. The lowest BCUT2D eigenvalue weighted by atomic mass is 10.0. The van der Waals surface area contributed by atoms with E-state index in [1.54, 1.807) is 7.11 Å². The average molecular weight is 392 g/mol. The molecular weight excluding hydrogens is 364 g/mol. The van der Waals surface area contributed by atoms with E-state index in [1.807, 2.05) is 50.2 Å². The van der Waals surface area contributed by atoms with Gasteiger partial charge in [0.05, 0.1) is 19.4 Å². The number of rotatable bonds is 7. The summed E-state index contributed by atoms with van der Waals surface area (Å²) < 4.78 is 17.1. The maximum Gasteiger partial charge on any atom is 0.226 e. The Morgan fingerprint density at radius 3 is 2.69 bits per heavy atom. The molecule has 0 amide bonds. The molecule has 152 valence electrons. The van der Waals surface area contributed by atoms with Crippen LogP contribution < -0.4 is 9.47 Å². The van der Waals surface area contributed by atoms with Crippen LogP contribution in [0.3, 0.4) is 0 Å². The van der Waals surface area contributed by atoms with Crippen molar-refractivity contribution in [2.45, 2.75) is 39.3 Å². The molecule has 29 heavy (non-hydrogen) atoms. The van der Waals surface area contributed by atoms with Gasteiger partial charge in [-0.3, -0.25) is 4.90 Å². The van der Waals surface area contributed by atoms with Gasteiger partial charge in [-0.2, -0.15) is 0 Å². The van der Waals surface area contributed by atoms with Crippen LogP contribution in [0.25, 0.3) is 11.5 Å². The highest BCUT2D eigenvalue weighted by Gasteiger charge is 2.29. The smallest absolute Gasteiger partial charge is 0.226 e. The molecule has 1 atom stereocenters. The van der Waals surface area contributed by atoms with Gasteiger partial charge in [-0.1, -0.05) is 18.2 Å². The normalized spacial score (nSPS) is 16.9. The lowest BCUT2D eigenvalue weighted by molar-refractivity contribution is 0.239. The molecule has 0 bridgehead atoms. The summed E-state index contributed by atoms with van der Waals surface area (Å²) in [4.78, 5) is 7.29. The van der Waals surface area contributed by atoms with Crippen molar-refractivity contribution in [3.8, 4) is 23.0 Å². The Morgan fingerprint density at radius 1 is 1.14 bits per heavy atom. The Bertz CT molecular complexity index is 949. The van der Waals surface area contributed by atoms with Gasteiger partial charge in [-0.15, -0.1) is 0 Å². The predicted octanol–water partition coefficient (Wildman–Crippen LogP) is 5.39. The predicted molar refractivity (Wildman–Crippen MR) is 113 cm³/mol. The molecular formula is C24H28N2O3. The van der Waals surface area contributed by atoms with Gasteiger partial charge in [0.15, 0.2) is 0 Å². The van der Waals surface area contributed by atoms with Crippen molar-refractivity contribution in [2.24, 2.45) is 0 Å². The van der Waals surface area contributed by atoms with E-state index < -0.39 is 0 Å². The highest BCUT2D eigenvalue weighted by atomic mass is 16.5. The van der Waals surface area contributed by atoms with Gasteiger partial charge in [0.2, 0.25) is 5.89 Å². The molecule has 2 heterocycles. The molecule has 0 radical (unpaired) electrons. The number of aromatic nitrogens is 1. The lowest BCUT2D eigenvalue weighted by Gasteiger charge is -2.25.